The van der Waals surface area contributed by atoms with Crippen LogP contribution < -0.4 is 20.3 Å². The number of aromatic amines is 1. The molecule has 1 unspecified atom stereocenters. The van der Waals surface area contributed by atoms with Crippen LogP contribution in [0, 0.1) is 6.92 Å². The average molecular weight is 315 g/mol. The summed E-state index contributed by atoms with van der Waals surface area (Å²) in [5, 5.41) is 2.67. The fourth-order valence-corrected chi connectivity index (χ4v) is 2.84. The van der Waals surface area contributed by atoms with Crippen LogP contribution in [0.4, 0.5) is 5.82 Å². The Hall–Kier alpha value is -2.83. The fraction of sp³-hybridized carbons (Fsp3) is 0.312. The second kappa shape index (κ2) is 5.75. The van der Waals surface area contributed by atoms with Crippen LogP contribution >= 0.6 is 0 Å². The van der Waals surface area contributed by atoms with Gasteiger partial charge < -0.3 is 19.8 Å². The molecule has 1 aromatic carbocycles. The monoisotopic (exact) mass is 315 g/mol. The van der Waals surface area contributed by atoms with Gasteiger partial charge in [-0.1, -0.05) is 6.07 Å². The van der Waals surface area contributed by atoms with Gasteiger partial charge >= 0.3 is 0 Å². The van der Waals surface area contributed by atoms with Crippen LogP contribution in [0.5, 0.6) is 11.5 Å². The summed E-state index contributed by atoms with van der Waals surface area (Å²) in [4.78, 5) is 31.3. The first kappa shape index (κ1) is 15.1. The second-order valence-electron chi connectivity index (χ2n) is 5.33. The molecular formula is C16H17N3O4. The molecule has 1 atom stereocenters. The number of hydrogen-bond acceptors (Lipinski definition) is 5. The van der Waals surface area contributed by atoms with Crippen molar-refractivity contribution >= 4 is 11.7 Å². The number of benzene rings is 1. The number of carbonyl (C=O) groups is 1. The van der Waals surface area contributed by atoms with E-state index >= 15 is 0 Å². The van der Waals surface area contributed by atoms with E-state index in [9.17, 15) is 9.59 Å². The number of fused-ring (bicyclic) bond motifs is 1. The Morgan fingerprint density at radius 1 is 1.17 bits per heavy atom. The molecule has 2 aromatic rings. The molecule has 1 aliphatic rings. The van der Waals surface area contributed by atoms with Gasteiger partial charge in [-0.3, -0.25) is 9.59 Å². The van der Waals surface area contributed by atoms with Gasteiger partial charge in [0.05, 0.1) is 19.8 Å². The Balaban J connectivity index is 2.15. The number of hydrogen-bond donors (Lipinski definition) is 2. The summed E-state index contributed by atoms with van der Waals surface area (Å²) >= 11 is 0. The summed E-state index contributed by atoms with van der Waals surface area (Å²) in [6, 6.07) is 5.37. The maximum atomic E-state index is 12.3. The number of H-pyrrole nitrogens is 1. The normalized spacial score (nSPS) is 16.5. The highest BCUT2D eigenvalue weighted by molar-refractivity contribution is 5.94. The third kappa shape index (κ3) is 2.65. The molecule has 7 nitrogen and oxygen atoms in total. The van der Waals surface area contributed by atoms with Crippen molar-refractivity contribution < 1.29 is 14.3 Å². The van der Waals surface area contributed by atoms with Gasteiger partial charge in [0, 0.05) is 12.3 Å². The van der Waals surface area contributed by atoms with Gasteiger partial charge in [-0.25, -0.2) is 4.98 Å². The second-order valence-corrected chi connectivity index (χ2v) is 5.33. The van der Waals surface area contributed by atoms with E-state index in [1.54, 1.807) is 33.3 Å². The summed E-state index contributed by atoms with van der Waals surface area (Å²) in [7, 11) is 3.10. The number of anilines is 1. The molecule has 23 heavy (non-hydrogen) atoms. The first-order chi connectivity index (χ1) is 11.0. The Morgan fingerprint density at radius 2 is 1.91 bits per heavy atom. The molecule has 1 amide bonds. The molecule has 0 fully saturated rings. The largest absolute Gasteiger partial charge is 0.493 e. The molecule has 1 aromatic heterocycles. The van der Waals surface area contributed by atoms with E-state index in [1.807, 2.05) is 6.07 Å². The topological polar surface area (TPSA) is 93.3 Å². The maximum absolute atomic E-state index is 12.3. The van der Waals surface area contributed by atoms with Crippen molar-refractivity contribution in [3.05, 3.63) is 45.5 Å². The Labute approximate surface area is 132 Å². The zero-order valence-electron chi connectivity index (χ0n) is 13.1. The molecule has 0 saturated heterocycles. The minimum atomic E-state index is -0.379. The molecule has 2 N–H and O–H groups in total. The van der Waals surface area contributed by atoms with E-state index in [-0.39, 0.29) is 23.8 Å². The zero-order chi connectivity index (χ0) is 16.6. The van der Waals surface area contributed by atoms with Crippen LogP contribution in [0.3, 0.4) is 0 Å². The minimum Gasteiger partial charge on any atom is -0.493 e. The minimum absolute atomic E-state index is 0.171. The van der Waals surface area contributed by atoms with Gasteiger partial charge in [-0.2, -0.15) is 0 Å². The maximum Gasteiger partial charge on any atom is 0.256 e. The standard InChI is InChI=1S/C16H17N3O4/c1-8-17-15-14(16(21)18-8)10(7-13(20)19-15)9-4-5-11(22-2)12(6-9)23-3/h4-6,10H,7H2,1-3H3,(H2,17,18,19,20,21). The van der Waals surface area contributed by atoms with Crippen molar-refractivity contribution in [2.75, 3.05) is 19.5 Å². The first-order valence-electron chi connectivity index (χ1n) is 7.16. The Bertz CT molecular complexity index is 829. The number of nitrogens with one attached hydrogen (secondary N) is 2. The molecule has 120 valence electrons. The van der Waals surface area contributed by atoms with Crippen LogP contribution in [0.25, 0.3) is 0 Å². The molecular weight excluding hydrogens is 298 g/mol. The molecule has 0 radical (unpaired) electrons. The lowest BCUT2D eigenvalue weighted by Crippen LogP contribution is -2.31. The first-order valence-corrected chi connectivity index (χ1v) is 7.16. The predicted octanol–water partition coefficient (Wildman–Crippen LogP) is 1.57. The highest BCUT2D eigenvalue weighted by Gasteiger charge is 2.31. The van der Waals surface area contributed by atoms with Crippen LogP contribution in [0.1, 0.15) is 29.3 Å². The third-order valence-corrected chi connectivity index (χ3v) is 3.88. The van der Waals surface area contributed by atoms with E-state index in [0.29, 0.717) is 28.7 Å². The number of methoxy groups -OCH3 is 2. The van der Waals surface area contributed by atoms with Gasteiger partial charge in [-0.15, -0.1) is 0 Å². The summed E-state index contributed by atoms with van der Waals surface area (Å²) < 4.78 is 10.5. The lowest BCUT2D eigenvalue weighted by molar-refractivity contribution is -0.116. The van der Waals surface area contributed by atoms with Crippen molar-refractivity contribution in [1.29, 1.82) is 0 Å². The van der Waals surface area contributed by atoms with Crippen molar-refractivity contribution in [3.8, 4) is 11.5 Å². The van der Waals surface area contributed by atoms with E-state index < -0.39 is 0 Å². The summed E-state index contributed by atoms with van der Waals surface area (Å²) in [5.74, 6) is 1.37. The average Bonchev–Trinajstić information content (AvgIpc) is 2.52. The smallest absolute Gasteiger partial charge is 0.256 e. The van der Waals surface area contributed by atoms with Gasteiger partial charge in [0.25, 0.3) is 5.56 Å². The van der Waals surface area contributed by atoms with Crippen LogP contribution in [0.15, 0.2) is 23.0 Å². The summed E-state index contributed by atoms with van der Waals surface area (Å²) in [5.41, 5.74) is 1.02. The van der Waals surface area contributed by atoms with Gasteiger partial charge in [0.15, 0.2) is 11.5 Å². The number of nitrogens with zero attached hydrogens (tertiary/aromatic N) is 1. The quantitative estimate of drug-likeness (QED) is 0.897. The van der Waals surface area contributed by atoms with E-state index in [4.69, 9.17) is 9.47 Å². The van der Waals surface area contributed by atoms with E-state index in [1.165, 1.54) is 0 Å². The predicted molar refractivity (Wildman–Crippen MR) is 84.2 cm³/mol. The van der Waals surface area contributed by atoms with Crippen LogP contribution in [-0.4, -0.2) is 30.1 Å². The number of aromatic nitrogens is 2. The molecule has 0 saturated carbocycles. The number of rotatable bonds is 3. The SMILES string of the molecule is COc1ccc(C2CC(=O)Nc3nc(C)[nH]c(=O)c32)cc1OC. The molecule has 0 spiro atoms. The van der Waals surface area contributed by atoms with Gasteiger partial charge in [0.2, 0.25) is 5.91 Å². The van der Waals surface area contributed by atoms with Crippen molar-refractivity contribution in [1.82, 2.24) is 9.97 Å². The van der Waals surface area contributed by atoms with Gasteiger partial charge in [-0.05, 0) is 24.6 Å². The fourth-order valence-electron chi connectivity index (χ4n) is 2.84. The van der Waals surface area contributed by atoms with E-state index in [2.05, 4.69) is 15.3 Å². The Morgan fingerprint density at radius 3 is 2.61 bits per heavy atom. The number of ether oxygens (including phenoxy) is 2. The molecule has 2 heterocycles. The highest BCUT2D eigenvalue weighted by atomic mass is 16.5. The highest BCUT2D eigenvalue weighted by Crippen LogP contribution is 2.37. The molecule has 7 heteroatoms. The third-order valence-electron chi connectivity index (χ3n) is 3.88. The zero-order valence-corrected chi connectivity index (χ0v) is 13.1. The van der Waals surface area contributed by atoms with Crippen molar-refractivity contribution in [3.63, 3.8) is 0 Å². The number of amides is 1. The van der Waals surface area contributed by atoms with Crippen molar-refractivity contribution in [2.45, 2.75) is 19.3 Å². The molecule has 1 aliphatic heterocycles. The summed E-state index contributed by atoms with van der Waals surface area (Å²) in [6.45, 7) is 1.67. The molecule has 0 bridgehead atoms. The van der Waals surface area contributed by atoms with Crippen molar-refractivity contribution in [2.24, 2.45) is 0 Å². The lowest BCUT2D eigenvalue weighted by Gasteiger charge is -2.24. The molecule has 3 rings (SSSR count). The number of carbonyl (C=O) groups excluding carboxylic acids is 1. The summed E-state index contributed by atoms with van der Waals surface area (Å²) in [6.07, 6.45) is 0.177. The van der Waals surface area contributed by atoms with E-state index in [0.717, 1.165) is 5.56 Å². The lowest BCUT2D eigenvalue weighted by atomic mass is 9.86. The van der Waals surface area contributed by atoms with Crippen LogP contribution in [0.2, 0.25) is 0 Å². The number of aryl methyl sites for hydroxylation is 1. The molecule has 0 aliphatic carbocycles. The van der Waals surface area contributed by atoms with Crippen LogP contribution in [-0.2, 0) is 4.79 Å². The van der Waals surface area contributed by atoms with Gasteiger partial charge in [0.1, 0.15) is 11.6 Å². The Kier molecular flexibility index (Phi) is 3.77.